The molecular weight excluding hydrogens is 759 g/mol. The maximum Gasteiger partial charge on any atom is 0.220 e. The minimum absolute atomic E-state index is 0.0465. The average molecular weight is 856 g/mol. The second-order valence-electron chi connectivity index (χ2n) is 16.9. The van der Waals surface area contributed by atoms with Crippen LogP contribution in [0.1, 0.15) is 219 Å². The van der Waals surface area contributed by atoms with Gasteiger partial charge in [0.15, 0.2) is 0 Å². The number of carbonyl (C=O) groups is 1. The molecule has 0 spiro atoms. The van der Waals surface area contributed by atoms with Crippen molar-refractivity contribution in [1.82, 2.24) is 5.32 Å². The van der Waals surface area contributed by atoms with Crippen LogP contribution in [0.15, 0.2) is 122 Å². The van der Waals surface area contributed by atoms with Crippen molar-refractivity contribution in [3.8, 4) is 0 Å². The summed E-state index contributed by atoms with van der Waals surface area (Å²) in [5.41, 5.74) is 0. The largest absolute Gasteiger partial charge is 0.394 e. The van der Waals surface area contributed by atoms with Crippen LogP contribution >= 0.6 is 0 Å². The monoisotopic (exact) mass is 856 g/mol. The quantitative estimate of drug-likeness (QED) is 0.0422. The maximum atomic E-state index is 12.4. The fraction of sp³-hybridized carbons (Fsp3) is 0.638. The summed E-state index contributed by atoms with van der Waals surface area (Å²) in [6.45, 7) is 4.22. The van der Waals surface area contributed by atoms with Crippen molar-refractivity contribution in [3.05, 3.63) is 122 Å². The lowest BCUT2D eigenvalue weighted by atomic mass is 10.0. The Kier molecular flexibility index (Phi) is 49.4. The van der Waals surface area contributed by atoms with E-state index in [2.05, 4.69) is 141 Å². The van der Waals surface area contributed by atoms with Gasteiger partial charge in [-0.1, -0.05) is 245 Å². The highest BCUT2D eigenvalue weighted by Gasteiger charge is 2.20. The van der Waals surface area contributed by atoms with Crippen LogP contribution in [0.4, 0.5) is 0 Å². The molecule has 0 aromatic carbocycles. The van der Waals surface area contributed by atoms with E-state index in [-0.39, 0.29) is 12.5 Å². The van der Waals surface area contributed by atoms with Crippen LogP contribution in [-0.2, 0) is 4.79 Å². The summed E-state index contributed by atoms with van der Waals surface area (Å²) in [7, 11) is 0. The molecule has 62 heavy (non-hydrogen) atoms. The first-order chi connectivity index (χ1) is 30.7. The molecular formula is C58H97NO3. The van der Waals surface area contributed by atoms with Gasteiger partial charge in [0, 0.05) is 6.42 Å². The van der Waals surface area contributed by atoms with E-state index in [9.17, 15) is 15.0 Å². The molecule has 0 rings (SSSR count). The minimum atomic E-state index is -0.669. The van der Waals surface area contributed by atoms with Crippen LogP contribution in [0.25, 0.3) is 0 Å². The van der Waals surface area contributed by atoms with Crippen molar-refractivity contribution in [3.63, 3.8) is 0 Å². The summed E-state index contributed by atoms with van der Waals surface area (Å²) in [4.78, 5) is 12.4. The molecule has 0 radical (unpaired) electrons. The second kappa shape index (κ2) is 52.1. The predicted octanol–water partition coefficient (Wildman–Crippen LogP) is 16.9. The van der Waals surface area contributed by atoms with Gasteiger partial charge in [-0.2, -0.15) is 0 Å². The van der Waals surface area contributed by atoms with Gasteiger partial charge in [0.05, 0.1) is 18.8 Å². The van der Waals surface area contributed by atoms with Gasteiger partial charge in [0.1, 0.15) is 0 Å². The Morgan fingerprint density at radius 3 is 1.06 bits per heavy atom. The van der Waals surface area contributed by atoms with E-state index in [1.165, 1.54) is 96.3 Å². The van der Waals surface area contributed by atoms with E-state index in [0.717, 1.165) is 96.3 Å². The number of unbranched alkanes of at least 4 members (excludes halogenated alkanes) is 18. The highest BCUT2D eigenvalue weighted by molar-refractivity contribution is 5.76. The predicted molar refractivity (Wildman–Crippen MR) is 276 cm³/mol. The van der Waals surface area contributed by atoms with Crippen LogP contribution in [0.3, 0.4) is 0 Å². The Morgan fingerprint density at radius 2 is 0.710 bits per heavy atom. The highest BCUT2D eigenvalue weighted by atomic mass is 16.3. The number of rotatable bonds is 45. The van der Waals surface area contributed by atoms with Crippen molar-refractivity contribution in [2.75, 3.05) is 6.61 Å². The third kappa shape index (κ3) is 47.8. The molecule has 0 aliphatic carbocycles. The molecule has 0 saturated carbocycles. The van der Waals surface area contributed by atoms with Gasteiger partial charge in [-0.25, -0.2) is 0 Å². The molecule has 3 N–H and O–H groups in total. The molecule has 2 unspecified atom stereocenters. The van der Waals surface area contributed by atoms with Gasteiger partial charge in [0.25, 0.3) is 0 Å². The molecule has 4 nitrogen and oxygen atoms in total. The Bertz CT molecular complexity index is 1240. The van der Waals surface area contributed by atoms with E-state index >= 15 is 0 Å². The van der Waals surface area contributed by atoms with Crippen molar-refractivity contribution in [2.45, 2.75) is 231 Å². The topological polar surface area (TPSA) is 69.6 Å². The van der Waals surface area contributed by atoms with E-state index < -0.39 is 12.1 Å². The first kappa shape index (κ1) is 58.8. The number of hydrogen-bond donors (Lipinski definition) is 3. The van der Waals surface area contributed by atoms with Crippen LogP contribution in [0, 0.1) is 0 Å². The first-order valence-corrected chi connectivity index (χ1v) is 25.7. The van der Waals surface area contributed by atoms with E-state index in [4.69, 9.17) is 0 Å². The van der Waals surface area contributed by atoms with Gasteiger partial charge in [-0.3, -0.25) is 4.79 Å². The first-order valence-electron chi connectivity index (χ1n) is 25.7. The maximum absolute atomic E-state index is 12.4. The molecule has 0 aliphatic rings. The van der Waals surface area contributed by atoms with Crippen LogP contribution in [0.2, 0.25) is 0 Å². The summed E-state index contributed by atoms with van der Waals surface area (Å²) in [5, 5.41) is 23.1. The van der Waals surface area contributed by atoms with Crippen molar-refractivity contribution in [1.29, 1.82) is 0 Å². The number of amides is 1. The summed E-state index contributed by atoms with van der Waals surface area (Å²) in [6, 6.07) is -0.547. The number of aliphatic hydroxyl groups is 2. The van der Waals surface area contributed by atoms with E-state index in [1.54, 1.807) is 0 Å². The SMILES string of the molecule is CC/C=C\C/C=C\C/C=C\C/C=C\C/C=C\C/C=C\C/C=C\C/C=C\C/C=C\C/C=C\CCCCCCCCCCC(=O)NC(CO)C(O)CCCCCCCCCCCCC. The molecule has 0 aliphatic heterocycles. The smallest absolute Gasteiger partial charge is 0.220 e. The van der Waals surface area contributed by atoms with Gasteiger partial charge < -0.3 is 15.5 Å². The zero-order valence-electron chi connectivity index (χ0n) is 40.3. The minimum Gasteiger partial charge on any atom is -0.394 e. The molecule has 0 bridgehead atoms. The lowest BCUT2D eigenvalue weighted by Crippen LogP contribution is -2.45. The zero-order valence-corrected chi connectivity index (χ0v) is 40.3. The summed E-state index contributed by atoms with van der Waals surface area (Å²) in [5.74, 6) is -0.0465. The zero-order chi connectivity index (χ0) is 44.9. The van der Waals surface area contributed by atoms with Gasteiger partial charge in [0.2, 0.25) is 5.91 Å². The Balaban J connectivity index is 3.62. The molecule has 0 saturated heterocycles. The summed E-state index contributed by atoms with van der Waals surface area (Å²) < 4.78 is 0. The molecule has 2 atom stereocenters. The van der Waals surface area contributed by atoms with Crippen LogP contribution < -0.4 is 5.32 Å². The molecule has 4 heteroatoms. The number of hydrogen-bond acceptors (Lipinski definition) is 3. The number of aliphatic hydroxyl groups excluding tert-OH is 2. The molecule has 0 heterocycles. The van der Waals surface area contributed by atoms with Crippen LogP contribution in [-0.4, -0.2) is 34.9 Å². The van der Waals surface area contributed by atoms with Crippen molar-refractivity contribution in [2.24, 2.45) is 0 Å². The molecule has 0 fully saturated rings. The Hall–Kier alpha value is -3.21. The Labute approximate surface area is 384 Å². The third-order valence-corrected chi connectivity index (χ3v) is 11.0. The molecule has 352 valence electrons. The standard InChI is InChI=1S/C58H97NO3/c1-3-5-7-9-11-13-15-16-17-18-19-20-21-22-23-24-25-26-27-28-29-30-31-32-33-34-35-36-37-38-39-40-41-42-44-46-48-50-52-54-58(62)59-56(55-60)57(61)53-51-49-47-45-43-14-12-10-8-6-4-2/h5,7,11,13,16-17,19-20,22-23,25-26,28-29,31-32,34-35,37-38,56-57,60-61H,3-4,6,8-10,12,14-15,18,21,24,27,30,33,36,39-55H2,1-2H3,(H,59,62)/b7-5-,13-11-,17-16-,20-19-,23-22-,26-25-,29-28-,32-31-,35-34-,38-37-. The third-order valence-electron chi connectivity index (χ3n) is 11.0. The molecule has 0 aromatic heterocycles. The highest BCUT2D eigenvalue weighted by Crippen LogP contribution is 2.15. The number of allylic oxidation sites excluding steroid dienone is 20. The molecule has 0 aromatic rings. The Morgan fingerprint density at radius 1 is 0.403 bits per heavy atom. The fourth-order valence-corrected chi connectivity index (χ4v) is 7.09. The normalized spacial score (nSPS) is 13.9. The van der Waals surface area contributed by atoms with Gasteiger partial charge in [-0.15, -0.1) is 0 Å². The lowest BCUT2D eigenvalue weighted by Gasteiger charge is -2.22. The van der Waals surface area contributed by atoms with Gasteiger partial charge in [-0.05, 0) is 89.9 Å². The van der Waals surface area contributed by atoms with Crippen LogP contribution in [0.5, 0.6) is 0 Å². The van der Waals surface area contributed by atoms with E-state index in [0.29, 0.717) is 12.8 Å². The fourth-order valence-electron chi connectivity index (χ4n) is 7.09. The van der Waals surface area contributed by atoms with Crippen molar-refractivity contribution < 1.29 is 15.0 Å². The van der Waals surface area contributed by atoms with Gasteiger partial charge >= 0.3 is 0 Å². The van der Waals surface area contributed by atoms with Crippen molar-refractivity contribution >= 4 is 5.91 Å². The summed E-state index contributed by atoms with van der Waals surface area (Å²) >= 11 is 0. The summed E-state index contributed by atoms with van der Waals surface area (Å²) in [6.07, 6.45) is 80.2. The lowest BCUT2D eigenvalue weighted by molar-refractivity contribution is -0.123. The number of carbonyl (C=O) groups excluding carboxylic acids is 1. The number of nitrogens with one attached hydrogen (secondary N) is 1. The molecule has 1 amide bonds. The van der Waals surface area contributed by atoms with E-state index in [1.807, 2.05) is 0 Å². The average Bonchev–Trinajstić information content (AvgIpc) is 3.28. The second-order valence-corrected chi connectivity index (χ2v) is 16.9.